The lowest BCUT2D eigenvalue weighted by molar-refractivity contribution is -0.116. The molecule has 1 amide bonds. The van der Waals surface area contributed by atoms with Gasteiger partial charge in [-0.2, -0.15) is 0 Å². The second-order valence-electron chi connectivity index (χ2n) is 3.41. The zero-order valence-corrected chi connectivity index (χ0v) is 11.6. The Kier molecular flexibility index (Phi) is 5.68. The topological polar surface area (TPSA) is 51.2 Å². The van der Waals surface area contributed by atoms with Gasteiger partial charge < -0.3 is 10.1 Å². The summed E-state index contributed by atoms with van der Waals surface area (Å²) in [6.45, 7) is 2.52. The molecule has 1 aromatic rings. The van der Waals surface area contributed by atoms with Gasteiger partial charge in [0, 0.05) is 23.7 Å². The van der Waals surface area contributed by atoms with Crippen LogP contribution in [0.3, 0.4) is 0 Å². The number of amides is 1. The van der Waals surface area contributed by atoms with E-state index in [9.17, 15) is 4.79 Å². The molecule has 0 aliphatic carbocycles. The first-order valence-corrected chi connectivity index (χ1v) is 6.13. The normalized spacial score (nSPS) is 10.2. The van der Waals surface area contributed by atoms with Gasteiger partial charge in [0.25, 0.3) is 0 Å². The number of hydrogen-bond acceptors (Lipinski definition) is 3. The van der Waals surface area contributed by atoms with Crippen molar-refractivity contribution in [1.29, 1.82) is 0 Å². The van der Waals surface area contributed by atoms with Crippen LogP contribution in [0.25, 0.3) is 0 Å². The highest BCUT2D eigenvalue weighted by atomic mass is 127. The highest BCUT2D eigenvalue weighted by Crippen LogP contribution is 2.12. The van der Waals surface area contributed by atoms with E-state index in [-0.39, 0.29) is 5.91 Å². The van der Waals surface area contributed by atoms with Gasteiger partial charge in [-0.15, -0.1) is 0 Å². The molecule has 0 aromatic carbocycles. The molecule has 0 unspecified atom stereocenters. The number of nitrogens with one attached hydrogen (secondary N) is 1. The van der Waals surface area contributed by atoms with Gasteiger partial charge in [0.2, 0.25) is 5.91 Å². The Hall–Kier alpha value is -0.690. The number of ether oxygens (including phenoxy) is 1. The maximum Gasteiger partial charge on any atom is 0.225 e. The van der Waals surface area contributed by atoms with Crippen molar-refractivity contribution in [1.82, 2.24) is 4.98 Å². The number of pyridine rings is 1. The maximum atomic E-state index is 11.5. The van der Waals surface area contributed by atoms with Crippen molar-refractivity contribution in [2.75, 3.05) is 19.0 Å². The van der Waals surface area contributed by atoms with Crippen molar-refractivity contribution in [3.05, 3.63) is 21.4 Å². The molecule has 1 heterocycles. The molecule has 0 bridgehead atoms. The lowest BCUT2D eigenvalue weighted by Crippen LogP contribution is -2.13. The lowest BCUT2D eigenvalue weighted by atomic mass is 10.3. The summed E-state index contributed by atoms with van der Waals surface area (Å²) in [6, 6.07) is 3.75. The Bertz CT molecular complexity index is 369. The number of anilines is 1. The van der Waals surface area contributed by atoms with Crippen LogP contribution in [0.2, 0.25) is 0 Å². The van der Waals surface area contributed by atoms with Crippen molar-refractivity contribution in [2.45, 2.75) is 19.8 Å². The number of nitrogens with zero attached hydrogens (tertiary/aromatic N) is 1. The number of carbonyl (C=O) groups is 1. The number of aromatic nitrogens is 1. The fourth-order valence-electron chi connectivity index (χ4n) is 1.20. The third-order valence-corrected chi connectivity index (χ3v) is 3.18. The molecule has 0 spiro atoms. The lowest BCUT2D eigenvalue weighted by Gasteiger charge is -2.05. The van der Waals surface area contributed by atoms with Crippen LogP contribution in [0.15, 0.2) is 12.1 Å². The minimum atomic E-state index is -0.0230. The van der Waals surface area contributed by atoms with Crippen LogP contribution in [-0.2, 0) is 9.53 Å². The molecule has 0 saturated heterocycles. The molecule has 4 nitrogen and oxygen atoms in total. The fourth-order valence-corrected chi connectivity index (χ4v) is 1.50. The molecule has 0 atom stereocenters. The second kappa shape index (κ2) is 6.80. The first-order valence-electron chi connectivity index (χ1n) is 5.05. The predicted octanol–water partition coefficient (Wildman–Crippen LogP) is 2.36. The summed E-state index contributed by atoms with van der Waals surface area (Å²) in [5, 5.41) is 2.76. The van der Waals surface area contributed by atoms with Gasteiger partial charge in [0.05, 0.1) is 5.69 Å². The van der Waals surface area contributed by atoms with Crippen LogP contribution in [0.5, 0.6) is 0 Å². The summed E-state index contributed by atoms with van der Waals surface area (Å²) in [4.78, 5) is 15.7. The van der Waals surface area contributed by atoms with Gasteiger partial charge in [0.15, 0.2) is 0 Å². The quantitative estimate of drug-likeness (QED) is 0.664. The summed E-state index contributed by atoms with van der Waals surface area (Å²) < 4.78 is 5.97. The number of hydrogen-bond donors (Lipinski definition) is 1. The largest absolute Gasteiger partial charge is 0.385 e. The SMILES string of the molecule is COCCCC(=O)Nc1ccc(I)c(C)n1. The van der Waals surface area contributed by atoms with E-state index in [2.05, 4.69) is 32.9 Å². The summed E-state index contributed by atoms with van der Waals surface area (Å²) in [6.07, 6.45) is 1.19. The molecule has 0 fully saturated rings. The number of methoxy groups -OCH3 is 1. The third-order valence-electron chi connectivity index (χ3n) is 2.04. The van der Waals surface area contributed by atoms with E-state index in [1.54, 1.807) is 7.11 Å². The van der Waals surface area contributed by atoms with E-state index < -0.39 is 0 Å². The fraction of sp³-hybridized carbons (Fsp3) is 0.455. The highest BCUT2D eigenvalue weighted by Gasteiger charge is 2.04. The maximum absolute atomic E-state index is 11.5. The van der Waals surface area contributed by atoms with Crippen molar-refractivity contribution in [2.24, 2.45) is 0 Å². The van der Waals surface area contributed by atoms with Crippen LogP contribution in [-0.4, -0.2) is 24.6 Å². The standard InChI is InChI=1S/C11H15IN2O2/c1-8-9(12)5-6-10(13-8)14-11(15)4-3-7-16-2/h5-6H,3-4,7H2,1-2H3,(H,13,14,15). The van der Waals surface area contributed by atoms with Crippen molar-refractivity contribution >= 4 is 34.3 Å². The van der Waals surface area contributed by atoms with Crippen LogP contribution in [0.1, 0.15) is 18.5 Å². The highest BCUT2D eigenvalue weighted by molar-refractivity contribution is 14.1. The summed E-state index contributed by atoms with van der Waals surface area (Å²) in [7, 11) is 1.63. The molecule has 0 aliphatic heterocycles. The number of halogens is 1. The Labute approximate surface area is 109 Å². The van der Waals surface area contributed by atoms with Crippen molar-refractivity contribution in [3.8, 4) is 0 Å². The van der Waals surface area contributed by atoms with Crippen LogP contribution >= 0.6 is 22.6 Å². The zero-order valence-electron chi connectivity index (χ0n) is 9.42. The molecular weight excluding hydrogens is 319 g/mol. The molecule has 0 radical (unpaired) electrons. The van der Waals surface area contributed by atoms with E-state index in [4.69, 9.17) is 4.74 Å². The van der Waals surface area contributed by atoms with E-state index >= 15 is 0 Å². The van der Waals surface area contributed by atoms with E-state index in [1.165, 1.54) is 0 Å². The average molecular weight is 334 g/mol. The molecule has 5 heteroatoms. The molecule has 16 heavy (non-hydrogen) atoms. The van der Waals surface area contributed by atoms with E-state index in [0.717, 1.165) is 15.7 Å². The number of aryl methyl sites for hydroxylation is 1. The van der Waals surface area contributed by atoms with Gasteiger partial charge in [-0.25, -0.2) is 4.98 Å². The molecular formula is C11H15IN2O2. The zero-order chi connectivity index (χ0) is 12.0. The van der Waals surface area contributed by atoms with Crippen LogP contribution < -0.4 is 5.32 Å². The number of carbonyl (C=O) groups excluding carboxylic acids is 1. The van der Waals surface area contributed by atoms with E-state index in [0.29, 0.717) is 18.8 Å². The van der Waals surface area contributed by atoms with E-state index in [1.807, 2.05) is 19.1 Å². The monoisotopic (exact) mass is 334 g/mol. The van der Waals surface area contributed by atoms with Gasteiger partial charge in [0.1, 0.15) is 5.82 Å². The summed E-state index contributed by atoms with van der Waals surface area (Å²) >= 11 is 2.21. The molecule has 0 saturated carbocycles. The third kappa shape index (κ3) is 4.44. The Morgan fingerprint density at radius 2 is 2.31 bits per heavy atom. The van der Waals surface area contributed by atoms with Gasteiger partial charge in [-0.1, -0.05) is 0 Å². The van der Waals surface area contributed by atoms with Crippen LogP contribution in [0, 0.1) is 10.5 Å². The summed E-state index contributed by atoms with van der Waals surface area (Å²) in [5.74, 6) is 0.588. The van der Waals surface area contributed by atoms with Gasteiger partial charge in [-0.05, 0) is 48.1 Å². The average Bonchev–Trinajstić information content (AvgIpc) is 2.24. The smallest absolute Gasteiger partial charge is 0.225 e. The van der Waals surface area contributed by atoms with Crippen LogP contribution in [0.4, 0.5) is 5.82 Å². The van der Waals surface area contributed by atoms with Crippen molar-refractivity contribution < 1.29 is 9.53 Å². The Balaban J connectivity index is 2.46. The molecule has 1 rings (SSSR count). The van der Waals surface area contributed by atoms with Gasteiger partial charge >= 0.3 is 0 Å². The first kappa shape index (κ1) is 13.4. The molecule has 0 aliphatic rings. The number of rotatable bonds is 5. The predicted molar refractivity (Wildman–Crippen MR) is 71.4 cm³/mol. The Morgan fingerprint density at radius 3 is 2.94 bits per heavy atom. The van der Waals surface area contributed by atoms with Crippen molar-refractivity contribution in [3.63, 3.8) is 0 Å². The molecule has 1 N–H and O–H groups in total. The first-order chi connectivity index (χ1) is 7.63. The second-order valence-corrected chi connectivity index (χ2v) is 4.57. The molecule has 88 valence electrons. The van der Waals surface area contributed by atoms with Gasteiger partial charge in [-0.3, -0.25) is 4.79 Å². The molecule has 1 aromatic heterocycles. The summed E-state index contributed by atoms with van der Waals surface area (Å²) in [5.41, 5.74) is 0.926. The minimum absolute atomic E-state index is 0.0230. The minimum Gasteiger partial charge on any atom is -0.385 e. The Morgan fingerprint density at radius 1 is 1.56 bits per heavy atom.